The van der Waals surface area contributed by atoms with E-state index < -0.39 is 0 Å². The van der Waals surface area contributed by atoms with Gasteiger partial charge >= 0.3 is 0 Å². The third-order valence-electron chi connectivity index (χ3n) is 10.1. The Kier molecular flexibility index (Phi) is 5.43. The molecule has 2 nitrogen and oxygen atoms in total. The summed E-state index contributed by atoms with van der Waals surface area (Å²) in [4.78, 5) is 5.29. The van der Waals surface area contributed by atoms with Gasteiger partial charge in [0.05, 0.1) is 27.8 Å². The topological polar surface area (TPSA) is 6.48 Å². The molecule has 0 fully saturated rings. The molecule has 0 N–H and O–H groups in total. The normalized spacial score (nSPS) is 24.5. The lowest BCUT2D eigenvalue weighted by molar-refractivity contribution is 0.684. The molecule has 4 atom stereocenters. The van der Waals surface area contributed by atoms with Crippen LogP contribution in [0.3, 0.4) is 0 Å². The molecule has 10 rings (SSSR count). The molecular weight excluding hydrogens is 573 g/mol. The second-order valence-electron chi connectivity index (χ2n) is 12.3. The highest BCUT2D eigenvalue weighted by atomic mass is 32.1. The molecule has 3 aromatic carbocycles. The van der Waals surface area contributed by atoms with Crippen molar-refractivity contribution in [1.82, 2.24) is 0 Å². The molecule has 4 unspecified atom stereocenters. The van der Waals surface area contributed by atoms with Gasteiger partial charge in [0, 0.05) is 48.8 Å². The quantitative estimate of drug-likeness (QED) is 0.203. The van der Waals surface area contributed by atoms with Crippen molar-refractivity contribution in [2.45, 2.75) is 30.8 Å². The maximum atomic E-state index is 2.65. The lowest BCUT2D eigenvalue weighted by atomic mass is 9.89. The molecule has 0 spiro atoms. The number of para-hydroxylation sites is 1. The maximum absolute atomic E-state index is 2.65. The van der Waals surface area contributed by atoms with E-state index in [0.29, 0.717) is 17.9 Å². The van der Waals surface area contributed by atoms with Crippen LogP contribution < -0.4 is 9.80 Å². The van der Waals surface area contributed by atoms with E-state index in [9.17, 15) is 0 Å². The Balaban J connectivity index is 1.14. The lowest BCUT2D eigenvalue weighted by Gasteiger charge is -2.30. The molecule has 44 heavy (non-hydrogen) atoms. The number of thiophene rings is 2. The van der Waals surface area contributed by atoms with Crippen molar-refractivity contribution < 1.29 is 0 Å². The van der Waals surface area contributed by atoms with Crippen molar-refractivity contribution in [2.75, 3.05) is 9.80 Å². The molecule has 212 valence electrons. The van der Waals surface area contributed by atoms with Crippen molar-refractivity contribution in [3.05, 3.63) is 150 Å². The summed E-state index contributed by atoms with van der Waals surface area (Å²) in [6.45, 7) is 0. The summed E-state index contributed by atoms with van der Waals surface area (Å²) >= 11 is 3.87. The summed E-state index contributed by atoms with van der Waals surface area (Å²) in [5.41, 5.74) is 8.45. The van der Waals surface area contributed by atoms with Crippen LogP contribution >= 0.6 is 22.7 Å². The number of benzene rings is 3. The SMILES string of the molecule is C1=CC2C3=C(CCC=C3)N(c3ccc(N4c5c(-c6cccc7c6sc6ccccc67)cccc5C5C=CC=CC54)s3)C2C=C1. The fraction of sp³-hybridized carbons (Fsp3) is 0.150. The van der Waals surface area contributed by atoms with Crippen LogP contribution in [0, 0.1) is 5.92 Å². The first-order valence-electron chi connectivity index (χ1n) is 15.7. The number of rotatable bonds is 3. The van der Waals surface area contributed by atoms with E-state index in [4.69, 9.17) is 0 Å². The maximum Gasteiger partial charge on any atom is 0.0980 e. The van der Waals surface area contributed by atoms with Gasteiger partial charge in [-0.3, -0.25) is 0 Å². The fourth-order valence-electron chi connectivity index (χ4n) is 8.21. The Labute approximate surface area is 265 Å². The molecule has 2 aliphatic heterocycles. The Bertz CT molecular complexity index is 2180. The third kappa shape index (κ3) is 3.47. The van der Waals surface area contributed by atoms with E-state index in [-0.39, 0.29) is 6.04 Å². The largest absolute Gasteiger partial charge is 0.329 e. The van der Waals surface area contributed by atoms with Gasteiger partial charge in [0.2, 0.25) is 0 Å². The van der Waals surface area contributed by atoms with Gasteiger partial charge in [-0.05, 0) is 42.2 Å². The standard InChI is InChI=1S/C40H30N2S2/c1-5-19-33-25(11-1)26-12-2-6-20-34(26)41(33)37-23-24-38(44-37)42-35-21-7-3-13-27(35)29-15-9-16-30(39(29)42)32-18-10-17-31-28-14-4-8-22-36(28)43-40(31)32/h1-5,7-19,21-25,27,33,35H,6,20H2. The third-order valence-corrected chi connectivity index (χ3v) is 12.4. The molecule has 4 heteroatoms. The summed E-state index contributed by atoms with van der Waals surface area (Å²) < 4.78 is 2.73. The Hall–Kier alpha value is -4.38. The fourth-order valence-corrected chi connectivity index (χ4v) is 10.6. The molecule has 0 bridgehead atoms. The van der Waals surface area contributed by atoms with Gasteiger partial charge in [-0.15, -0.1) is 22.7 Å². The molecule has 5 aliphatic rings. The van der Waals surface area contributed by atoms with Gasteiger partial charge in [0.15, 0.2) is 0 Å². The molecule has 4 heterocycles. The molecule has 3 aliphatic carbocycles. The zero-order valence-electron chi connectivity index (χ0n) is 24.1. The predicted molar refractivity (Wildman–Crippen MR) is 189 cm³/mol. The molecule has 0 radical (unpaired) electrons. The number of hydrogen-bond acceptors (Lipinski definition) is 4. The van der Waals surface area contributed by atoms with Gasteiger partial charge in [0.1, 0.15) is 0 Å². The highest BCUT2D eigenvalue weighted by Crippen LogP contribution is 2.56. The van der Waals surface area contributed by atoms with Crippen LogP contribution in [0.25, 0.3) is 31.3 Å². The van der Waals surface area contributed by atoms with Crippen LogP contribution in [0.4, 0.5) is 15.7 Å². The monoisotopic (exact) mass is 602 g/mol. The van der Waals surface area contributed by atoms with Crippen LogP contribution in [-0.4, -0.2) is 12.1 Å². The Morgan fingerprint density at radius 1 is 0.614 bits per heavy atom. The second-order valence-corrected chi connectivity index (χ2v) is 14.4. The van der Waals surface area contributed by atoms with E-state index >= 15 is 0 Å². The van der Waals surface area contributed by atoms with E-state index in [1.807, 2.05) is 22.7 Å². The zero-order valence-corrected chi connectivity index (χ0v) is 25.8. The average molecular weight is 603 g/mol. The number of anilines is 3. The summed E-state index contributed by atoms with van der Waals surface area (Å²) in [6.07, 6.45) is 25.5. The van der Waals surface area contributed by atoms with Crippen LogP contribution in [-0.2, 0) is 0 Å². The highest BCUT2D eigenvalue weighted by molar-refractivity contribution is 7.26. The minimum absolute atomic E-state index is 0.264. The minimum atomic E-state index is 0.264. The summed E-state index contributed by atoms with van der Waals surface area (Å²) in [7, 11) is 0. The van der Waals surface area contributed by atoms with Crippen molar-refractivity contribution in [3.8, 4) is 11.1 Å². The van der Waals surface area contributed by atoms with Crippen LogP contribution in [0.15, 0.2) is 145 Å². The van der Waals surface area contributed by atoms with Gasteiger partial charge < -0.3 is 9.80 Å². The summed E-state index contributed by atoms with van der Waals surface area (Å²) in [5.74, 6) is 0.774. The van der Waals surface area contributed by atoms with E-state index in [2.05, 4.69) is 143 Å². The molecule has 2 aromatic heterocycles. The van der Waals surface area contributed by atoms with E-state index in [1.54, 1.807) is 0 Å². The van der Waals surface area contributed by atoms with Crippen LogP contribution in [0.2, 0.25) is 0 Å². The first-order valence-corrected chi connectivity index (χ1v) is 17.3. The summed E-state index contributed by atoms with van der Waals surface area (Å²) in [6, 6.07) is 28.0. The molecule has 0 amide bonds. The van der Waals surface area contributed by atoms with Gasteiger partial charge in [-0.1, -0.05) is 115 Å². The molecular formula is C40H30N2S2. The van der Waals surface area contributed by atoms with Crippen LogP contribution in [0.5, 0.6) is 0 Å². The van der Waals surface area contributed by atoms with E-state index in [0.717, 1.165) is 12.8 Å². The summed E-state index contributed by atoms with van der Waals surface area (Å²) in [5, 5.41) is 5.37. The number of allylic oxidation sites excluding steroid dienone is 7. The van der Waals surface area contributed by atoms with Crippen molar-refractivity contribution in [1.29, 1.82) is 0 Å². The first kappa shape index (κ1) is 25.0. The zero-order chi connectivity index (χ0) is 28.8. The van der Waals surface area contributed by atoms with Crippen molar-refractivity contribution >= 4 is 58.5 Å². The van der Waals surface area contributed by atoms with Gasteiger partial charge in [-0.2, -0.15) is 0 Å². The second kappa shape index (κ2) is 9.56. The number of hydrogen-bond donors (Lipinski definition) is 0. The van der Waals surface area contributed by atoms with E-state index in [1.165, 1.54) is 63.8 Å². The Morgan fingerprint density at radius 3 is 2.25 bits per heavy atom. The van der Waals surface area contributed by atoms with Crippen LogP contribution in [0.1, 0.15) is 24.3 Å². The van der Waals surface area contributed by atoms with Crippen molar-refractivity contribution in [2.24, 2.45) is 5.92 Å². The number of fused-ring (bicyclic) bond motifs is 8. The van der Waals surface area contributed by atoms with Gasteiger partial charge in [0.25, 0.3) is 0 Å². The molecule has 0 saturated carbocycles. The molecule has 0 saturated heterocycles. The minimum Gasteiger partial charge on any atom is -0.329 e. The average Bonchev–Trinajstić information content (AvgIpc) is 3.85. The first-order chi connectivity index (χ1) is 21.8. The lowest BCUT2D eigenvalue weighted by Crippen LogP contribution is -2.32. The smallest absolute Gasteiger partial charge is 0.0980 e. The van der Waals surface area contributed by atoms with Gasteiger partial charge in [-0.25, -0.2) is 0 Å². The predicted octanol–water partition coefficient (Wildman–Crippen LogP) is 11.0. The Morgan fingerprint density at radius 2 is 1.34 bits per heavy atom. The van der Waals surface area contributed by atoms with Crippen molar-refractivity contribution in [3.63, 3.8) is 0 Å². The highest BCUT2D eigenvalue weighted by Gasteiger charge is 2.42. The number of nitrogens with zero attached hydrogens (tertiary/aromatic N) is 2. The molecule has 5 aromatic rings.